The standard InChI is InChI=1S/C22H29NO2/c1-6-20(18-12-11-16(4)17(5)13-18)23-22(24)14-25-21-10-8-7-9-19(21)15(2)3/h7-13,15,20H,6,14H2,1-5H3,(H,23,24). The van der Waals surface area contributed by atoms with Gasteiger partial charge in [-0.1, -0.05) is 57.2 Å². The Bertz CT molecular complexity index is 722. The molecule has 25 heavy (non-hydrogen) atoms. The molecule has 0 aliphatic carbocycles. The van der Waals surface area contributed by atoms with Crippen LogP contribution in [0.4, 0.5) is 0 Å². The second-order valence-corrected chi connectivity index (χ2v) is 6.85. The van der Waals surface area contributed by atoms with E-state index >= 15 is 0 Å². The van der Waals surface area contributed by atoms with E-state index in [1.807, 2.05) is 24.3 Å². The maximum absolute atomic E-state index is 12.4. The van der Waals surface area contributed by atoms with Gasteiger partial charge in [0.2, 0.25) is 0 Å². The lowest BCUT2D eigenvalue weighted by Gasteiger charge is -2.19. The molecule has 0 aliphatic rings. The van der Waals surface area contributed by atoms with E-state index in [9.17, 15) is 4.79 Å². The van der Waals surface area contributed by atoms with Gasteiger partial charge in [0, 0.05) is 0 Å². The van der Waals surface area contributed by atoms with Crippen LogP contribution >= 0.6 is 0 Å². The van der Waals surface area contributed by atoms with Crippen LogP contribution in [-0.2, 0) is 4.79 Å². The van der Waals surface area contributed by atoms with Crippen molar-refractivity contribution in [3.05, 3.63) is 64.7 Å². The summed E-state index contributed by atoms with van der Waals surface area (Å²) >= 11 is 0. The van der Waals surface area contributed by atoms with Gasteiger partial charge in [-0.3, -0.25) is 4.79 Å². The molecule has 2 rings (SSSR count). The average Bonchev–Trinajstić information content (AvgIpc) is 2.60. The van der Waals surface area contributed by atoms with Gasteiger partial charge in [0.05, 0.1) is 6.04 Å². The molecular formula is C22H29NO2. The maximum Gasteiger partial charge on any atom is 0.258 e. The van der Waals surface area contributed by atoms with E-state index in [1.165, 1.54) is 11.1 Å². The summed E-state index contributed by atoms with van der Waals surface area (Å²) in [4.78, 5) is 12.4. The Kier molecular flexibility index (Phi) is 6.63. The Morgan fingerprint density at radius 3 is 2.44 bits per heavy atom. The summed E-state index contributed by atoms with van der Waals surface area (Å²) in [5, 5.41) is 3.08. The van der Waals surface area contributed by atoms with Gasteiger partial charge in [-0.25, -0.2) is 0 Å². The van der Waals surface area contributed by atoms with Gasteiger partial charge in [0.1, 0.15) is 5.75 Å². The Hall–Kier alpha value is -2.29. The van der Waals surface area contributed by atoms with E-state index in [0.717, 1.165) is 23.3 Å². The van der Waals surface area contributed by atoms with Crippen molar-refractivity contribution in [3.63, 3.8) is 0 Å². The van der Waals surface area contributed by atoms with Crippen LogP contribution in [0.3, 0.4) is 0 Å². The molecule has 1 unspecified atom stereocenters. The number of hydrogen-bond acceptors (Lipinski definition) is 2. The van der Waals surface area contributed by atoms with Gasteiger partial charge in [0.25, 0.3) is 5.91 Å². The molecule has 0 saturated carbocycles. The van der Waals surface area contributed by atoms with E-state index in [1.54, 1.807) is 0 Å². The Balaban J connectivity index is 2.00. The summed E-state index contributed by atoms with van der Waals surface area (Å²) in [6.45, 7) is 10.5. The lowest BCUT2D eigenvalue weighted by molar-refractivity contribution is -0.123. The van der Waals surface area contributed by atoms with Crippen molar-refractivity contribution in [3.8, 4) is 5.75 Å². The molecule has 0 aliphatic heterocycles. The SMILES string of the molecule is CCC(NC(=O)COc1ccccc1C(C)C)c1ccc(C)c(C)c1. The first-order chi connectivity index (χ1) is 11.9. The number of para-hydroxylation sites is 1. The molecule has 0 aromatic heterocycles. The zero-order chi connectivity index (χ0) is 18.4. The lowest BCUT2D eigenvalue weighted by Crippen LogP contribution is -2.32. The highest BCUT2D eigenvalue weighted by atomic mass is 16.5. The van der Waals surface area contributed by atoms with Gasteiger partial charge in [-0.2, -0.15) is 0 Å². The third kappa shape index (κ3) is 5.09. The molecule has 3 nitrogen and oxygen atoms in total. The van der Waals surface area contributed by atoms with Crippen LogP contribution in [0, 0.1) is 13.8 Å². The third-order valence-corrected chi connectivity index (χ3v) is 4.58. The van der Waals surface area contributed by atoms with E-state index in [-0.39, 0.29) is 18.6 Å². The van der Waals surface area contributed by atoms with Crippen LogP contribution < -0.4 is 10.1 Å². The number of benzene rings is 2. The summed E-state index contributed by atoms with van der Waals surface area (Å²) in [6.07, 6.45) is 0.844. The Morgan fingerprint density at radius 2 is 1.80 bits per heavy atom. The van der Waals surface area contributed by atoms with Gasteiger partial charge in [-0.05, 0) is 54.5 Å². The van der Waals surface area contributed by atoms with E-state index < -0.39 is 0 Å². The molecule has 0 saturated heterocycles. The quantitative estimate of drug-likeness (QED) is 0.764. The second kappa shape index (κ2) is 8.70. The highest BCUT2D eigenvalue weighted by Crippen LogP contribution is 2.26. The van der Waals surface area contributed by atoms with Gasteiger partial charge < -0.3 is 10.1 Å². The molecule has 0 spiro atoms. The van der Waals surface area contributed by atoms with E-state index in [4.69, 9.17) is 4.74 Å². The number of amides is 1. The molecule has 1 atom stereocenters. The summed E-state index contributed by atoms with van der Waals surface area (Å²) < 4.78 is 5.77. The molecular weight excluding hydrogens is 310 g/mol. The number of rotatable bonds is 7. The number of aryl methyl sites for hydroxylation is 2. The number of hydrogen-bond donors (Lipinski definition) is 1. The Morgan fingerprint density at radius 1 is 1.08 bits per heavy atom. The molecule has 0 fully saturated rings. The van der Waals surface area contributed by atoms with Gasteiger partial charge in [0.15, 0.2) is 6.61 Å². The van der Waals surface area contributed by atoms with Gasteiger partial charge in [-0.15, -0.1) is 0 Å². The number of ether oxygens (including phenoxy) is 1. The monoisotopic (exact) mass is 339 g/mol. The lowest BCUT2D eigenvalue weighted by atomic mass is 9.99. The molecule has 2 aromatic rings. The average molecular weight is 339 g/mol. The van der Waals surface area contributed by atoms with Crippen molar-refractivity contribution in [2.24, 2.45) is 0 Å². The minimum Gasteiger partial charge on any atom is -0.483 e. The predicted octanol–water partition coefficient (Wildman–Crippen LogP) is 5.07. The zero-order valence-corrected chi connectivity index (χ0v) is 15.9. The highest BCUT2D eigenvalue weighted by Gasteiger charge is 2.15. The van der Waals surface area contributed by atoms with Crippen LogP contribution in [-0.4, -0.2) is 12.5 Å². The number of nitrogens with one attached hydrogen (secondary N) is 1. The normalized spacial score (nSPS) is 12.1. The van der Waals surface area contributed by atoms with E-state index in [0.29, 0.717) is 5.92 Å². The van der Waals surface area contributed by atoms with Crippen LogP contribution in [0.1, 0.15) is 61.4 Å². The molecule has 1 amide bonds. The minimum atomic E-state index is -0.0939. The minimum absolute atomic E-state index is 0.00995. The smallest absolute Gasteiger partial charge is 0.258 e. The topological polar surface area (TPSA) is 38.3 Å². The first-order valence-corrected chi connectivity index (χ1v) is 9.00. The molecule has 2 aromatic carbocycles. The molecule has 1 N–H and O–H groups in total. The Labute approximate surface area is 151 Å². The van der Waals surface area contributed by atoms with Crippen molar-refractivity contribution in [1.82, 2.24) is 5.32 Å². The molecule has 134 valence electrons. The maximum atomic E-state index is 12.4. The molecule has 0 bridgehead atoms. The van der Waals surface area contributed by atoms with Crippen molar-refractivity contribution < 1.29 is 9.53 Å². The summed E-state index contributed by atoms with van der Waals surface area (Å²) in [5.74, 6) is 1.05. The number of carbonyl (C=O) groups excluding carboxylic acids is 1. The van der Waals surface area contributed by atoms with Crippen molar-refractivity contribution in [1.29, 1.82) is 0 Å². The third-order valence-electron chi connectivity index (χ3n) is 4.58. The predicted molar refractivity (Wildman–Crippen MR) is 103 cm³/mol. The summed E-state index contributed by atoms with van der Waals surface area (Å²) in [7, 11) is 0. The fourth-order valence-corrected chi connectivity index (χ4v) is 2.87. The summed E-state index contributed by atoms with van der Waals surface area (Å²) in [5.41, 5.74) is 4.77. The fraction of sp³-hybridized carbons (Fsp3) is 0.409. The number of carbonyl (C=O) groups is 1. The molecule has 0 radical (unpaired) electrons. The summed E-state index contributed by atoms with van der Waals surface area (Å²) in [6, 6.07) is 14.2. The van der Waals surface area contributed by atoms with Crippen molar-refractivity contribution in [2.75, 3.05) is 6.61 Å². The van der Waals surface area contributed by atoms with Crippen LogP contribution in [0.25, 0.3) is 0 Å². The first kappa shape index (κ1) is 19.0. The van der Waals surface area contributed by atoms with Crippen molar-refractivity contribution in [2.45, 2.75) is 53.0 Å². The largest absolute Gasteiger partial charge is 0.483 e. The molecule has 0 heterocycles. The fourth-order valence-electron chi connectivity index (χ4n) is 2.87. The zero-order valence-electron chi connectivity index (χ0n) is 15.9. The van der Waals surface area contributed by atoms with Gasteiger partial charge >= 0.3 is 0 Å². The second-order valence-electron chi connectivity index (χ2n) is 6.85. The first-order valence-electron chi connectivity index (χ1n) is 9.00. The van der Waals surface area contributed by atoms with Crippen LogP contribution in [0.15, 0.2) is 42.5 Å². The molecule has 3 heteroatoms. The highest BCUT2D eigenvalue weighted by molar-refractivity contribution is 5.78. The van der Waals surface area contributed by atoms with Crippen LogP contribution in [0.2, 0.25) is 0 Å². The van der Waals surface area contributed by atoms with Crippen LogP contribution in [0.5, 0.6) is 5.75 Å². The van der Waals surface area contributed by atoms with E-state index in [2.05, 4.69) is 58.1 Å². The van der Waals surface area contributed by atoms with Crippen molar-refractivity contribution >= 4 is 5.91 Å².